The van der Waals surface area contributed by atoms with Crippen LogP contribution in [0.15, 0.2) is 47.6 Å². The Balaban J connectivity index is 1.96. The topological polar surface area (TPSA) is 132 Å². The average Bonchev–Trinajstić information content (AvgIpc) is 3.24. The molecule has 0 aromatic heterocycles. The smallest absolute Gasteiger partial charge is 0.303 e. The minimum absolute atomic E-state index is 0.00403. The van der Waals surface area contributed by atoms with Crippen LogP contribution >= 0.6 is 0 Å². The lowest BCUT2D eigenvalue weighted by Gasteiger charge is -2.22. The van der Waals surface area contributed by atoms with E-state index < -0.39 is 16.9 Å². The number of nitro groups is 1. The summed E-state index contributed by atoms with van der Waals surface area (Å²) in [5.74, 6) is -0.227. The number of carbonyl (C=O) groups is 2. The van der Waals surface area contributed by atoms with Crippen molar-refractivity contribution in [1.82, 2.24) is 5.01 Å². The van der Waals surface area contributed by atoms with Gasteiger partial charge in [0, 0.05) is 43.0 Å². The van der Waals surface area contributed by atoms with Crippen LogP contribution in [-0.4, -0.2) is 46.8 Å². The maximum atomic E-state index is 12.9. The van der Waals surface area contributed by atoms with E-state index in [0.717, 1.165) is 0 Å². The molecule has 0 bridgehead atoms. The fraction of sp³-hybridized carbons (Fsp3) is 0.318. The molecule has 0 saturated carbocycles. The van der Waals surface area contributed by atoms with Gasteiger partial charge in [-0.25, -0.2) is 5.01 Å². The number of carbonyl (C=O) groups excluding carboxylic acids is 1. The SMILES string of the molecule is COc1cc(OC)cc(C2=NN(C(=O)CCCC(=O)O)[C@H](c3cccc([N+](=O)[O-])c3)C2)c1. The molecule has 2 aromatic carbocycles. The number of hydrazone groups is 1. The monoisotopic (exact) mass is 441 g/mol. The van der Waals surface area contributed by atoms with Crippen LogP contribution in [0.2, 0.25) is 0 Å². The summed E-state index contributed by atoms with van der Waals surface area (Å²) in [5.41, 5.74) is 1.76. The number of amides is 1. The van der Waals surface area contributed by atoms with E-state index >= 15 is 0 Å². The number of hydrogen-bond donors (Lipinski definition) is 1. The molecule has 0 radical (unpaired) electrons. The Bertz CT molecular complexity index is 1040. The molecule has 10 nitrogen and oxygen atoms in total. The zero-order valence-electron chi connectivity index (χ0n) is 17.7. The van der Waals surface area contributed by atoms with Gasteiger partial charge in [-0.3, -0.25) is 19.7 Å². The number of nitrogens with zero attached hydrogens (tertiary/aromatic N) is 3. The minimum atomic E-state index is -0.984. The van der Waals surface area contributed by atoms with Gasteiger partial charge in [0.1, 0.15) is 11.5 Å². The second-order valence-corrected chi connectivity index (χ2v) is 7.21. The van der Waals surface area contributed by atoms with Crippen LogP contribution in [0.25, 0.3) is 0 Å². The third kappa shape index (κ3) is 5.20. The Labute approximate surface area is 184 Å². The van der Waals surface area contributed by atoms with E-state index in [-0.39, 0.29) is 30.9 Å². The van der Waals surface area contributed by atoms with Crippen LogP contribution < -0.4 is 9.47 Å². The molecule has 168 valence electrons. The molecule has 1 aliphatic rings. The molecule has 1 aliphatic heterocycles. The number of methoxy groups -OCH3 is 2. The summed E-state index contributed by atoms with van der Waals surface area (Å²) in [6, 6.07) is 10.8. The first-order valence-corrected chi connectivity index (χ1v) is 9.91. The third-order valence-corrected chi connectivity index (χ3v) is 5.10. The second-order valence-electron chi connectivity index (χ2n) is 7.21. The van der Waals surface area contributed by atoms with Crippen LogP contribution in [0.1, 0.15) is 42.9 Å². The predicted octanol–water partition coefficient (Wildman–Crippen LogP) is 3.54. The van der Waals surface area contributed by atoms with Crippen molar-refractivity contribution in [2.24, 2.45) is 5.10 Å². The van der Waals surface area contributed by atoms with Gasteiger partial charge in [-0.2, -0.15) is 5.10 Å². The molecule has 1 amide bonds. The van der Waals surface area contributed by atoms with Gasteiger partial charge < -0.3 is 14.6 Å². The summed E-state index contributed by atoms with van der Waals surface area (Å²) in [6.07, 6.45) is 0.354. The van der Waals surface area contributed by atoms with Crippen molar-refractivity contribution >= 4 is 23.3 Å². The van der Waals surface area contributed by atoms with Crippen molar-refractivity contribution in [2.45, 2.75) is 31.7 Å². The maximum Gasteiger partial charge on any atom is 0.303 e. The summed E-state index contributed by atoms with van der Waals surface area (Å²) in [5, 5.41) is 25.9. The normalized spacial score (nSPS) is 15.2. The average molecular weight is 441 g/mol. The van der Waals surface area contributed by atoms with Crippen molar-refractivity contribution in [3.8, 4) is 11.5 Å². The van der Waals surface area contributed by atoms with Crippen molar-refractivity contribution in [3.63, 3.8) is 0 Å². The van der Waals surface area contributed by atoms with Crippen LogP contribution in [0.5, 0.6) is 11.5 Å². The fourth-order valence-corrected chi connectivity index (χ4v) is 3.50. The Kier molecular flexibility index (Phi) is 7.04. The highest BCUT2D eigenvalue weighted by atomic mass is 16.6. The van der Waals surface area contributed by atoms with Crippen molar-refractivity contribution < 1.29 is 29.1 Å². The Morgan fingerprint density at radius 3 is 2.44 bits per heavy atom. The molecule has 1 atom stereocenters. The van der Waals surface area contributed by atoms with Crippen LogP contribution in [0, 0.1) is 10.1 Å². The molecular weight excluding hydrogens is 418 g/mol. The van der Waals surface area contributed by atoms with Crippen LogP contribution in [0.3, 0.4) is 0 Å². The highest BCUT2D eigenvalue weighted by Gasteiger charge is 2.34. The number of carboxylic acids is 1. The number of hydrogen-bond acceptors (Lipinski definition) is 7. The molecule has 2 aromatic rings. The molecule has 10 heteroatoms. The summed E-state index contributed by atoms with van der Waals surface area (Å²) in [6.45, 7) is 0. The van der Waals surface area contributed by atoms with Gasteiger partial charge in [0.25, 0.3) is 5.69 Å². The number of rotatable bonds is 9. The van der Waals surface area contributed by atoms with E-state index in [4.69, 9.17) is 14.6 Å². The van der Waals surface area contributed by atoms with E-state index in [0.29, 0.717) is 34.8 Å². The molecule has 32 heavy (non-hydrogen) atoms. The Morgan fingerprint density at radius 2 is 1.84 bits per heavy atom. The zero-order valence-corrected chi connectivity index (χ0v) is 17.7. The Morgan fingerprint density at radius 1 is 1.16 bits per heavy atom. The second kappa shape index (κ2) is 9.90. The van der Waals surface area contributed by atoms with Gasteiger partial charge in [0.05, 0.1) is 30.9 Å². The predicted molar refractivity (Wildman–Crippen MR) is 115 cm³/mol. The lowest BCUT2D eigenvalue weighted by Crippen LogP contribution is -2.27. The number of carboxylic acid groups (broad SMARTS) is 1. The van der Waals surface area contributed by atoms with Crippen LogP contribution in [0.4, 0.5) is 5.69 Å². The number of aliphatic carboxylic acids is 1. The van der Waals surface area contributed by atoms with E-state index in [9.17, 15) is 19.7 Å². The van der Waals surface area contributed by atoms with Crippen molar-refractivity contribution in [3.05, 3.63) is 63.7 Å². The summed E-state index contributed by atoms with van der Waals surface area (Å²) in [7, 11) is 3.05. The van der Waals surface area contributed by atoms with Crippen LogP contribution in [-0.2, 0) is 9.59 Å². The lowest BCUT2D eigenvalue weighted by molar-refractivity contribution is -0.385. The zero-order chi connectivity index (χ0) is 23.3. The third-order valence-electron chi connectivity index (χ3n) is 5.10. The molecular formula is C22H23N3O7. The first-order chi connectivity index (χ1) is 15.3. The molecule has 1 heterocycles. The van der Waals surface area contributed by atoms with E-state index in [1.807, 2.05) is 0 Å². The molecule has 0 saturated heterocycles. The minimum Gasteiger partial charge on any atom is -0.497 e. The van der Waals surface area contributed by atoms with E-state index in [1.54, 1.807) is 30.3 Å². The summed E-state index contributed by atoms with van der Waals surface area (Å²) in [4.78, 5) is 34.4. The quantitative estimate of drug-likeness (QED) is 0.465. The van der Waals surface area contributed by atoms with E-state index in [2.05, 4.69) is 5.10 Å². The van der Waals surface area contributed by atoms with Gasteiger partial charge in [-0.1, -0.05) is 12.1 Å². The molecule has 1 N–H and O–H groups in total. The highest BCUT2D eigenvalue weighted by Crippen LogP contribution is 2.36. The number of benzene rings is 2. The largest absolute Gasteiger partial charge is 0.497 e. The number of ether oxygens (including phenoxy) is 2. The number of nitro benzene ring substituents is 1. The van der Waals surface area contributed by atoms with Crippen molar-refractivity contribution in [2.75, 3.05) is 14.2 Å². The molecule has 0 unspecified atom stereocenters. The molecule has 0 fully saturated rings. The molecule has 0 aliphatic carbocycles. The molecule has 3 rings (SSSR count). The van der Waals surface area contributed by atoms with Gasteiger partial charge >= 0.3 is 5.97 Å². The van der Waals surface area contributed by atoms with Gasteiger partial charge in [0.2, 0.25) is 5.91 Å². The van der Waals surface area contributed by atoms with E-state index in [1.165, 1.54) is 31.4 Å². The maximum absolute atomic E-state index is 12.9. The summed E-state index contributed by atoms with van der Waals surface area (Å²) < 4.78 is 10.6. The number of non-ortho nitro benzene ring substituents is 1. The first-order valence-electron chi connectivity index (χ1n) is 9.91. The summed E-state index contributed by atoms with van der Waals surface area (Å²) >= 11 is 0. The van der Waals surface area contributed by atoms with Gasteiger partial charge in [0.15, 0.2) is 0 Å². The highest BCUT2D eigenvalue weighted by molar-refractivity contribution is 6.03. The first kappa shape index (κ1) is 22.7. The van der Waals surface area contributed by atoms with Crippen molar-refractivity contribution in [1.29, 1.82) is 0 Å². The molecule has 0 spiro atoms. The Hall–Kier alpha value is -3.95. The van der Waals surface area contributed by atoms with Gasteiger partial charge in [-0.15, -0.1) is 0 Å². The fourth-order valence-electron chi connectivity index (χ4n) is 3.50. The van der Waals surface area contributed by atoms with Gasteiger partial charge in [-0.05, 0) is 24.1 Å². The standard InChI is InChI=1S/C22H23N3O7/c1-31-17-10-15(11-18(12-17)32-2)19-13-20(14-5-3-6-16(9-14)25(29)30)24(23-19)21(26)7-4-8-22(27)28/h3,5-6,9-12,20H,4,7-8,13H2,1-2H3,(H,27,28)/t20-/m0/s1. The lowest BCUT2D eigenvalue weighted by atomic mass is 9.97.